The summed E-state index contributed by atoms with van der Waals surface area (Å²) in [6.45, 7) is 17.0. The molecular formula is C33H50N2O3. The average Bonchev–Trinajstić information content (AvgIpc) is 2.82. The molecule has 38 heavy (non-hydrogen) atoms. The van der Waals surface area contributed by atoms with Gasteiger partial charge >= 0.3 is 0 Å². The van der Waals surface area contributed by atoms with Crippen molar-refractivity contribution in [1.82, 2.24) is 5.32 Å². The number of ketones is 2. The molecule has 0 aromatic rings. The molecule has 0 bridgehead atoms. The fourth-order valence-electron chi connectivity index (χ4n) is 9.67. The number of carbonyl (C=O) groups is 3. The molecule has 0 spiro atoms. The summed E-state index contributed by atoms with van der Waals surface area (Å²) in [5, 5.41) is 13.0. The van der Waals surface area contributed by atoms with Crippen molar-refractivity contribution in [2.24, 2.45) is 45.3 Å². The molecule has 5 heteroatoms. The summed E-state index contributed by atoms with van der Waals surface area (Å²) < 4.78 is 0. The van der Waals surface area contributed by atoms with Crippen LogP contribution in [0.1, 0.15) is 120 Å². The lowest BCUT2D eigenvalue weighted by Gasteiger charge is -2.68. The second kappa shape index (κ2) is 9.60. The van der Waals surface area contributed by atoms with Crippen molar-refractivity contribution in [3.05, 3.63) is 11.6 Å². The fraction of sp³-hybridized carbons (Fsp3) is 0.818. The number of hydrogen-bond acceptors (Lipinski definition) is 4. The van der Waals surface area contributed by atoms with Crippen LogP contribution in [0.15, 0.2) is 11.6 Å². The molecule has 0 aliphatic heterocycles. The molecule has 4 rings (SSSR count). The van der Waals surface area contributed by atoms with Crippen molar-refractivity contribution in [3.8, 4) is 6.07 Å². The zero-order valence-electron chi connectivity index (χ0n) is 25.1. The predicted octanol–water partition coefficient (Wildman–Crippen LogP) is 6.95. The third-order valence-electron chi connectivity index (χ3n) is 12.3. The number of hydrogen-bond donors (Lipinski definition) is 1. The van der Waals surface area contributed by atoms with Crippen LogP contribution in [0.5, 0.6) is 0 Å². The maximum Gasteiger partial charge on any atom is 0.217 e. The number of allylic oxidation sites excluding steroid dienone is 2. The van der Waals surface area contributed by atoms with Gasteiger partial charge in [-0.05, 0) is 91.8 Å². The Kier molecular flexibility index (Phi) is 7.33. The maximum absolute atomic E-state index is 14.2. The quantitative estimate of drug-likeness (QED) is 0.312. The summed E-state index contributed by atoms with van der Waals surface area (Å²) in [6.07, 6.45) is 10.7. The van der Waals surface area contributed by atoms with E-state index in [-0.39, 0.29) is 62.7 Å². The topological polar surface area (TPSA) is 87.0 Å². The zero-order chi connectivity index (χ0) is 28.3. The van der Waals surface area contributed by atoms with Crippen molar-refractivity contribution >= 4 is 17.5 Å². The van der Waals surface area contributed by atoms with Gasteiger partial charge in [-0.3, -0.25) is 14.4 Å². The van der Waals surface area contributed by atoms with Gasteiger partial charge in [0, 0.05) is 30.2 Å². The lowest BCUT2D eigenvalue weighted by molar-refractivity contribution is -0.194. The molecule has 0 saturated heterocycles. The molecule has 4 saturated carbocycles. The van der Waals surface area contributed by atoms with E-state index in [9.17, 15) is 19.6 Å². The summed E-state index contributed by atoms with van der Waals surface area (Å²) >= 11 is 0. The molecule has 0 radical (unpaired) electrons. The van der Waals surface area contributed by atoms with Crippen molar-refractivity contribution in [2.75, 3.05) is 0 Å². The molecule has 0 heterocycles. The number of rotatable bonds is 5. The highest BCUT2D eigenvalue weighted by Crippen LogP contribution is 2.70. The number of nitrogens with one attached hydrogen (secondary N) is 1. The van der Waals surface area contributed by atoms with E-state index in [4.69, 9.17) is 0 Å². The van der Waals surface area contributed by atoms with Gasteiger partial charge in [-0.1, -0.05) is 54.5 Å². The van der Waals surface area contributed by atoms with Crippen LogP contribution in [0.4, 0.5) is 0 Å². The van der Waals surface area contributed by atoms with E-state index in [0.717, 1.165) is 51.4 Å². The molecule has 2 unspecified atom stereocenters. The Morgan fingerprint density at radius 3 is 2.34 bits per heavy atom. The van der Waals surface area contributed by atoms with E-state index in [1.54, 1.807) is 13.0 Å². The summed E-state index contributed by atoms with van der Waals surface area (Å²) in [5.41, 5.74) is -0.558. The largest absolute Gasteiger partial charge is 0.351 e. The minimum absolute atomic E-state index is 0.0164. The van der Waals surface area contributed by atoms with Crippen LogP contribution in [0.25, 0.3) is 0 Å². The van der Waals surface area contributed by atoms with E-state index in [1.165, 1.54) is 0 Å². The van der Waals surface area contributed by atoms with Crippen molar-refractivity contribution in [3.63, 3.8) is 0 Å². The number of nitrogens with zero attached hydrogens (tertiary/aromatic N) is 1. The number of nitriles is 1. The van der Waals surface area contributed by atoms with E-state index in [2.05, 4.69) is 39.1 Å². The highest BCUT2D eigenvalue weighted by Gasteiger charge is 2.68. The van der Waals surface area contributed by atoms with Crippen LogP contribution in [-0.4, -0.2) is 23.0 Å². The highest BCUT2D eigenvalue weighted by atomic mass is 16.1. The van der Waals surface area contributed by atoms with Crippen LogP contribution >= 0.6 is 0 Å². The molecule has 5 nitrogen and oxygen atoms in total. The second-order valence-corrected chi connectivity index (χ2v) is 15.2. The van der Waals surface area contributed by atoms with Crippen molar-refractivity contribution in [2.45, 2.75) is 125 Å². The first-order valence-electron chi connectivity index (χ1n) is 15.0. The number of amides is 1. The monoisotopic (exact) mass is 522 g/mol. The van der Waals surface area contributed by atoms with Crippen molar-refractivity contribution < 1.29 is 14.4 Å². The molecule has 0 aromatic heterocycles. The molecule has 1 amide bonds. The van der Waals surface area contributed by atoms with Gasteiger partial charge in [-0.25, -0.2) is 0 Å². The Labute approximate surface area is 230 Å². The van der Waals surface area contributed by atoms with E-state index < -0.39 is 5.41 Å². The Balaban J connectivity index is 1.66. The minimum Gasteiger partial charge on any atom is -0.351 e. The average molecular weight is 523 g/mol. The first-order chi connectivity index (χ1) is 17.6. The Morgan fingerprint density at radius 1 is 1.08 bits per heavy atom. The second-order valence-electron chi connectivity index (χ2n) is 15.2. The third-order valence-corrected chi connectivity index (χ3v) is 12.3. The fourth-order valence-corrected chi connectivity index (χ4v) is 9.67. The van der Waals surface area contributed by atoms with Crippen LogP contribution in [0.2, 0.25) is 0 Å². The third kappa shape index (κ3) is 4.39. The minimum atomic E-state index is -0.626. The Hall–Kier alpha value is -1.96. The van der Waals surface area contributed by atoms with E-state index in [0.29, 0.717) is 18.6 Å². The summed E-state index contributed by atoms with van der Waals surface area (Å²) in [4.78, 5) is 40.0. The van der Waals surface area contributed by atoms with Gasteiger partial charge in [0.1, 0.15) is 11.9 Å². The number of fused-ring (bicyclic) bond motifs is 5. The molecule has 7 atom stereocenters. The molecule has 4 aliphatic carbocycles. The van der Waals surface area contributed by atoms with E-state index >= 15 is 0 Å². The first-order valence-corrected chi connectivity index (χ1v) is 15.0. The molecule has 0 aromatic carbocycles. The van der Waals surface area contributed by atoms with Gasteiger partial charge in [0.25, 0.3) is 0 Å². The number of carbonyl (C=O) groups excluding carboxylic acids is 3. The van der Waals surface area contributed by atoms with Crippen LogP contribution in [0, 0.1) is 56.7 Å². The van der Waals surface area contributed by atoms with Crippen molar-refractivity contribution in [1.29, 1.82) is 5.26 Å². The molecule has 210 valence electrons. The van der Waals surface area contributed by atoms with Crippen LogP contribution in [0.3, 0.4) is 0 Å². The summed E-state index contributed by atoms with van der Waals surface area (Å²) in [6, 6.07) is 2.14. The van der Waals surface area contributed by atoms with Gasteiger partial charge < -0.3 is 5.32 Å². The molecule has 4 aliphatic rings. The normalized spacial score (nSPS) is 40.7. The van der Waals surface area contributed by atoms with Gasteiger partial charge in [0.05, 0.1) is 5.57 Å². The lowest BCUT2D eigenvalue weighted by atomic mass is 9.36. The first kappa shape index (κ1) is 29.0. The van der Waals surface area contributed by atoms with Gasteiger partial charge in [-0.15, -0.1) is 0 Å². The van der Waals surface area contributed by atoms with Crippen LogP contribution in [-0.2, 0) is 14.4 Å². The van der Waals surface area contributed by atoms with Gasteiger partial charge in [0.15, 0.2) is 5.78 Å². The maximum atomic E-state index is 14.2. The SMILES string of the molecule is CC/C=C(/C#N)C(=O)C(C)(C)[C@@H]1CC[C@]2(C)[C@H](CC(=O)C3C4CC(C)(C)CC[C@]4(NC(C)=O)CC[C@]32C)C1. The van der Waals surface area contributed by atoms with Crippen LogP contribution < -0.4 is 5.32 Å². The number of Topliss-reactive ketones (excluding diaryl/α,β-unsaturated/α-hetero) is 2. The van der Waals surface area contributed by atoms with E-state index in [1.807, 2.05) is 20.8 Å². The summed E-state index contributed by atoms with van der Waals surface area (Å²) in [5.74, 6) is 0.884. The van der Waals surface area contributed by atoms with Gasteiger partial charge in [-0.2, -0.15) is 5.26 Å². The smallest absolute Gasteiger partial charge is 0.217 e. The standard InChI is InChI=1S/C33H50N2O3/c1-9-10-22(20-34)28(38)30(5,6)23-11-12-31(7)24(17-23)18-26(37)27-25-19-29(3,4)13-15-33(25,35-21(2)36)16-14-32(27,31)8/h10,23-25,27H,9,11-19H2,1-8H3,(H,35,36)/b22-10-/t23-,24+,25?,27?,31-,32-,33+/m1/s1. The molecule has 4 fully saturated rings. The molecule has 1 N–H and O–H groups in total. The zero-order valence-corrected chi connectivity index (χ0v) is 25.1. The Bertz CT molecular complexity index is 1080. The Morgan fingerprint density at radius 2 is 1.74 bits per heavy atom. The molecular weight excluding hydrogens is 472 g/mol. The lowest BCUT2D eigenvalue weighted by Crippen LogP contribution is -2.70. The van der Waals surface area contributed by atoms with Gasteiger partial charge in [0.2, 0.25) is 5.91 Å². The predicted molar refractivity (Wildman–Crippen MR) is 150 cm³/mol. The highest BCUT2D eigenvalue weighted by molar-refractivity contribution is 6.02. The summed E-state index contributed by atoms with van der Waals surface area (Å²) in [7, 11) is 0.